The second kappa shape index (κ2) is 11.5. The molecule has 4 aromatic heterocycles. The molecule has 0 bridgehead atoms. The van der Waals surface area contributed by atoms with Gasteiger partial charge in [0.25, 0.3) is 0 Å². The van der Waals surface area contributed by atoms with Gasteiger partial charge in [-0.3, -0.25) is 0 Å². The topological polar surface area (TPSA) is 68.4 Å². The molecule has 0 unspecified atom stereocenters. The number of H-pyrrole nitrogens is 2. The molecule has 0 aliphatic carbocycles. The van der Waals surface area contributed by atoms with Gasteiger partial charge >= 0.3 is 13.4 Å². The van der Waals surface area contributed by atoms with Crippen LogP contribution in [0.15, 0.2) is 59.6 Å². The SMILES string of the molecule is F[B-](F)(F)F.O=C([O-])C(F)(F)F.c1c[nH+]c2ccsc2c1.c1c[nH+]c2ccsc2c1. The van der Waals surface area contributed by atoms with Crippen molar-refractivity contribution >= 4 is 56.3 Å². The van der Waals surface area contributed by atoms with E-state index in [-0.39, 0.29) is 0 Å². The zero-order valence-electron chi connectivity index (χ0n) is 14.6. The van der Waals surface area contributed by atoms with Crippen molar-refractivity contribution in [1.29, 1.82) is 0 Å². The first kappa shape index (κ1) is 25.3. The molecule has 2 N–H and O–H groups in total. The molecule has 0 amide bonds. The predicted octanol–water partition coefficient (Wildman–Crippen LogP) is 4.03. The molecule has 0 atom stereocenters. The largest absolute Gasteiger partial charge is 0.673 e. The Bertz CT molecular complexity index is 919. The average Bonchev–Trinajstić information content (AvgIpc) is 3.29. The van der Waals surface area contributed by atoms with Crippen LogP contribution in [0.1, 0.15) is 0 Å². The highest BCUT2D eigenvalue weighted by Crippen LogP contribution is 2.15. The lowest BCUT2D eigenvalue weighted by Crippen LogP contribution is -2.37. The first-order chi connectivity index (χ1) is 13.9. The van der Waals surface area contributed by atoms with Crippen molar-refractivity contribution in [3.8, 4) is 0 Å². The molecule has 0 spiro atoms. The number of rotatable bonds is 0. The van der Waals surface area contributed by atoms with Gasteiger partial charge in [-0.15, -0.1) is 22.7 Å². The summed E-state index contributed by atoms with van der Waals surface area (Å²) in [6.45, 7) is 0. The number of halogens is 7. The third-order valence-electron chi connectivity index (χ3n) is 2.79. The Hall–Kier alpha value is -2.74. The summed E-state index contributed by atoms with van der Waals surface area (Å²) in [7, 11) is -6.00. The van der Waals surface area contributed by atoms with Crippen LogP contribution in [-0.4, -0.2) is 19.4 Å². The van der Waals surface area contributed by atoms with E-state index in [1.165, 1.54) is 20.4 Å². The third kappa shape index (κ3) is 10.7. The smallest absolute Gasteiger partial charge is 0.542 e. The van der Waals surface area contributed by atoms with Gasteiger partial charge in [-0.05, 0) is 22.9 Å². The number of nitrogens with one attached hydrogen (secondary N) is 2. The summed E-state index contributed by atoms with van der Waals surface area (Å²) in [6.07, 6.45) is -1.32. The van der Waals surface area contributed by atoms with Gasteiger partial charge in [0.1, 0.15) is 5.97 Å². The summed E-state index contributed by atoms with van der Waals surface area (Å²) < 4.78 is 73.2. The van der Waals surface area contributed by atoms with Crippen molar-refractivity contribution in [3.63, 3.8) is 0 Å². The van der Waals surface area contributed by atoms with E-state index in [2.05, 4.69) is 45.0 Å². The Morgan fingerprint density at radius 2 is 1.17 bits per heavy atom. The third-order valence-corrected chi connectivity index (χ3v) is 4.55. The molecule has 0 fully saturated rings. The fourth-order valence-electron chi connectivity index (χ4n) is 1.69. The molecule has 0 saturated carbocycles. The average molecular weight is 472 g/mol. The molecule has 0 aliphatic rings. The monoisotopic (exact) mass is 472 g/mol. The van der Waals surface area contributed by atoms with E-state index in [4.69, 9.17) is 9.90 Å². The minimum atomic E-state index is -6.00. The number of hydrogen-bond acceptors (Lipinski definition) is 4. The van der Waals surface area contributed by atoms with E-state index in [0.717, 1.165) is 0 Å². The van der Waals surface area contributed by atoms with Crippen LogP contribution in [0.25, 0.3) is 20.4 Å². The molecular formula is C16H12BF7N2O2S2. The van der Waals surface area contributed by atoms with Crippen LogP contribution in [0.4, 0.5) is 30.4 Å². The fraction of sp³-hybridized carbons (Fsp3) is 0.0625. The summed E-state index contributed by atoms with van der Waals surface area (Å²) in [4.78, 5) is 15.1. The second-order valence-electron chi connectivity index (χ2n) is 5.02. The molecule has 4 heterocycles. The molecule has 0 saturated heterocycles. The van der Waals surface area contributed by atoms with Gasteiger partial charge < -0.3 is 27.2 Å². The molecule has 0 radical (unpaired) electrons. The number of carbonyl (C=O) groups is 1. The van der Waals surface area contributed by atoms with Crippen LogP contribution in [0.2, 0.25) is 0 Å². The van der Waals surface area contributed by atoms with Gasteiger partial charge in [0.05, 0.1) is 9.40 Å². The van der Waals surface area contributed by atoms with Crippen LogP contribution in [0.5, 0.6) is 0 Å². The summed E-state index contributed by atoms with van der Waals surface area (Å²) >= 11 is 3.51. The highest BCUT2D eigenvalue weighted by molar-refractivity contribution is 7.17. The maximum atomic E-state index is 10.5. The number of carboxylic acid groups (broad SMARTS) is 1. The Morgan fingerprint density at radius 3 is 1.43 bits per heavy atom. The van der Waals surface area contributed by atoms with Gasteiger partial charge in [0.2, 0.25) is 11.0 Å². The zero-order valence-corrected chi connectivity index (χ0v) is 16.3. The van der Waals surface area contributed by atoms with Crippen LogP contribution in [0.3, 0.4) is 0 Å². The minimum absolute atomic E-state index is 1.22. The second-order valence-corrected chi connectivity index (χ2v) is 6.91. The maximum absolute atomic E-state index is 10.5. The van der Waals surface area contributed by atoms with Crippen molar-refractivity contribution in [3.05, 3.63) is 59.6 Å². The van der Waals surface area contributed by atoms with Crippen LogP contribution in [-0.2, 0) is 4.79 Å². The standard InChI is InChI=1S/2C7H5NS.C2HF3O2.BF4/c2*1-2-7-6(8-4-1)3-5-9-7;3-2(4,5)1(6)7;2-1(3,4)5/h2*1-5H;(H,6,7);/q;;;-1/p+1. The number of fused-ring (bicyclic) bond motifs is 2. The Labute approximate surface area is 172 Å². The molecule has 30 heavy (non-hydrogen) atoms. The van der Waals surface area contributed by atoms with Gasteiger partial charge in [-0.1, -0.05) is 0 Å². The molecule has 0 aromatic carbocycles. The van der Waals surface area contributed by atoms with E-state index in [1.54, 1.807) is 22.7 Å². The number of alkyl halides is 3. The lowest BCUT2D eigenvalue weighted by atomic mass is 10.3. The van der Waals surface area contributed by atoms with Crippen molar-refractivity contribution < 1.29 is 50.3 Å². The molecule has 4 aromatic rings. The van der Waals surface area contributed by atoms with Crippen molar-refractivity contribution in [1.82, 2.24) is 0 Å². The minimum Gasteiger partial charge on any atom is -0.542 e. The summed E-state index contributed by atoms with van der Waals surface area (Å²) in [6, 6.07) is 12.4. The van der Waals surface area contributed by atoms with Crippen molar-refractivity contribution in [2.24, 2.45) is 0 Å². The summed E-state index contributed by atoms with van der Waals surface area (Å²) in [5.41, 5.74) is 2.45. The Balaban J connectivity index is 0.000000206. The van der Waals surface area contributed by atoms with Gasteiger partial charge in [-0.2, -0.15) is 13.2 Å². The quantitative estimate of drug-likeness (QED) is 0.287. The highest BCUT2D eigenvalue weighted by atomic mass is 32.1. The Kier molecular flexibility index (Phi) is 9.66. The van der Waals surface area contributed by atoms with Gasteiger partial charge in [0, 0.05) is 24.3 Å². The highest BCUT2D eigenvalue weighted by Gasteiger charge is 2.28. The van der Waals surface area contributed by atoms with Crippen LogP contribution in [0, 0.1) is 0 Å². The normalized spacial score (nSPS) is 10.8. The van der Waals surface area contributed by atoms with Gasteiger partial charge in [-0.25, -0.2) is 9.97 Å². The van der Waals surface area contributed by atoms with E-state index >= 15 is 0 Å². The summed E-state index contributed by atoms with van der Waals surface area (Å²) in [5.74, 6) is -3.01. The number of aromatic nitrogens is 2. The fourth-order valence-corrected chi connectivity index (χ4v) is 3.21. The first-order valence-electron chi connectivity index (χ1n) is 7.71. The van der Waals surface area contributed by atoms with Crippen molar-refractivity contribution in [2.45, 2.75) is 6.18 Å². The molecule has 4 nitrogen and oxygen atoms in total. The molecule has 4 rings (SSSR count). The zero-order chi connectivity index (χ0) is 22.8. The summed E-state index contributed by atoms with van der Waals surface area (Å²) in [5, 5.41) is 13.0. The molecule has 162 valence electrons. The number of carbonyl (C=O) groups excluding carboxylic acids is 1. The molecule has 0 aliphatic heterocycles. The lowest BCUT2D eigenvalue weighted by Gasteiger charge is -2.03. The first-order valence-corrected chi connectivity index (χ1v) is 9.47. The Morgan fingerprint density at radius 1 is 0.833 bits per heavy atom. The molecule has 14 heteroatoms. The van der Waals surface area contributed by atoms with E-state index in [9.17, 15) is 30.4 Å². The number of aromatic amines is 2. The number of carboxylic acids is 1. The van der Waals surface area contributed by atoms with E-state index < -0.39 is 19.4 Å². The van der Waals surface area contributed by atoms with E-state index in [0.29, 0.717) is 0 Å². The van der Waals surface area contributed by atoms with Crippen LogP contribution >= 0.6 is 22.7 Å². The number of pyridine rings is 2. The van der Waals surface area contributed by atoms with Crippen LogP contribution < -0.4 is 15.1 Å². The number of thiophene rings is 2. The molecular weight excluding hydrogens is 460 g/mol. The lowest BCUT2D eigenvalue weighted by molar-refractivity contribution is -0.344. The predicted molar refractivity (Wildman–Crippen MR) is 98.0 cm³/mol. The van der Waals surface area contributed by atoms with Gasteiger partial charge in [0.15, 0.2) is 12.4 Å². The number of aliphatic carboxylic acids is 1. The number of hydrogen-bond donors (Lipinski definition) is 0. The van der Waals surface area contributed by atoms with E-state index in [1.807, 2.05) is 24.5 Å². The van der Waals surface area contributed by atoms with Crippen molar-refractivity contribution in [2.75, 3.05) is 0 Å². The maximum Gasteiger partial charge on any atom is 0.673 e.